The number of aryl methyl sites for hydroxylation is 2. The number of aromatic amines is 1. The number of imidazole rings is 2. The van der Waals surface area contributed by atoms with Crippen molar-refractivity contribution in [1.29, 1.82) is 0 Å². The molecule has 0 aliphatic heterocycles. The summed E-state index contributed by atoms with van der Waals surface area (Å²) in [5.74, 6) is 2.78. The zero-order valence-corrected chi connectivity index (χ0v) is 32.8. The summed E-state index contributed by atoms with van der Waals surface area (Å²) in [4.78, 5) is 38.3. The number of urea groups is 2. The molecule has 2 aliphatic rings. The van der Waals surface area contributed by atoms with Gasteiger partial charge in [-0.1, -0.05) is 158 Å². The SMILES string of the molecule is Cc1nc(-c2ccccc2)c(NC(=O)NC2c3ccccc3-c3ccccc32)n1C.Cc1nc(NC(=O)NC2c3ccccc3-c3ccccc32)c(-c2ccccc2)[nH]1. The number of aromatic nitrogens is 4. The Bertz CT molecular complexity index is 2740. The first-order valence-electron chi connectivity index (χ1n) is 19.6. The lowest BCUT2D eigenvalue weighted by atomic mass is 10.1. The van der Waals surface area contributed by atoms with Gasteiger partial charge in [-0.15, -0.1) is 0 Å². The summed E-state index contributed by atoms with van der Waals surface area (Å²) >= 11 is 0. The average molecular weight is 775 g/mol. The summed E-state index contributed by atoms with van der Waals surface area (Å²) in [6, 6.07) is 51.6. The highest BCUT2D eigenvalue weighted by molar-refractivity contribution is 5.95. The van der Waals surface area contributed by atoms with Crippen LogP contribution in [0.4, 0.5) is 21.2 Å². The third kappa shape index (κ3) is 7.12. The molecule has 0 spiro atoms. The van der Waals surface area contributed by atoms with E-state index in [1.54, 1.807) is 0 Å². The van der Waals surface area contributed by atoms with Gasteiger partial charge in [-0.3, -0.25) is 10.6 Å². The van der Waals surface area contributed by atoms with Crippen LogP contribution < -0.4 is 21.3 Å². The number of hydrogen-bond acceptors (Lipinski definition) is 4. The highest BCUT2D eigenvalue weighted by atomic mass is 16.2. The zero-order chi connectivity index (χ0) is 40.5. The van der Waals surface area contributed by atoms with E-state index in [0.717, 1.165) is 67.5 Å². The predicted octanol–water partition coefficient (Wildman–Crippen LogP) is 10.6. The van der Waals surface area contributed by atoms with Crippen LogP contribution in [-0.4, -0.2) is 31.6 Å². The number of benzene rings is 6. The molecule has 4 amide bonds. The summed E-state index contributed by atoms with van der Waals surface area (Å²) in [6.45, 7) is 3.80. The number of H-pyrrole nitrogens is 1. The third-order valence-corrected chi connectivity index (χ3v) is 10.9. The van der Waals surface area contributed by atoms with Crippen molar-refractivity contribution in [2.24, 2.45) is 7.05 Å². The molecule has 0 unspecified atom stereocenters. The summed E-state index contributed by atoms with van der Waals surface area (Å²) < 4.78 is 1.90. The first-order valence-corrected chi connectivity index (χ1v) is 19.6. The Labute approximate surface area is 342 Å². The Morgan fingerprint density at radius 3 is 1.41 bits per heavy atom. The second-order valence-corrected chi connectivity index (χ2v) is 14.6. The summed E-state index contributed by atoms with van der Waals surface area (Å²) in [6.07, 6.45) is 0. The van der Waals surface area contributed by atoms with Crippen molar-refractivity contribution in [1.82, 2.24) is 30.2 Å². The monoisotopic (exact) mass is 774 g/mol. The van der Waals surface area contributed by atoms with E-state index in [1.807, 2.05) is 135 Å². The van der Waals surface area contributed by atoms with Crippen molar-refractivity contribution in [2.75, 3.05) is 10.6 Å². The normalized spacial score (nSPS) is 12.3. The predicted molar refractivity (Wildman–Crippen MR) is 234 cm³/mol. The highest BCUT2D eigenvalue weighted by Crippen LogP contribution is 2.44. The topological polar surface area (TPSA) is 129 Å². The maximum absolute atomic E-state index is 13.1. The van der Waals surface area contributed by atoms with Gasteiger partial charge < -0.3 is 20.2 Å². The van der Waals surface area contributed by atoms with Crippen LogP contribution in [0.25, 0.3) is 44.8 Å². The van der Waals surface area contributed by atoms with E-state index in [9.17, 15) is 9.59 Å². The molecule has 59 heavy (non-hydrogen) atoms. The lowest BCUT2D eigenvalue weighted by Gasteiger charge is -2.17. The molecule has 6 aromatic carbocycles. The van der Waals surface area contributed by atoms with Crippen molar-refractivity contribution in [3.05, 3.63) is 192 Å². The molecule has 10 nitrogen and oxygen atoms in total. The summed E-state index contributed by atoms with van der Waals surface area (Å²) in [5.41, 5.74) is 12.6. The molecule has 0 atom stereocenters. The van der Waals surface area contributed by atoms with Crippen molar-refractivity contribution >= 4 is 23.7 Å². The molecule has 0 saturated heterocycles. The number of rotatable bonds is 6. The van der Waals surface area contributed by atoms with Crippen molar-refractivity contribution in [2.45, 2.75) is 25.9 Å². The fourth-order valence-electron chi connectivity index (χ4n) is 8.12. The van der Waals surface area contributed by atoms with Gasteiger partial charge in [0.15, 0.2) is 5.82 Å². The Morgan fingerprint density at radius 1 is 0.525 bits per heavy atom. The van der Waals surface area contributed by atoms with Crippen LogP contribution >= 0.6 is 0 Å². The molecule has 0 saturated carbocycles. The number of nitrogens with one attached hydrogen (secondary N) is 5. The van der Waals surface area contributed by atoms with Gasteiger partial charge in [-0.25, -0.2) is 19.6 Å². The molecular formula is C49H42N8O2. The standard InChI is InChI=1S/C25H22N4O.C24H20N4O/c1-16-26-22(17-10-4-3-5-11-17)24(29(16)2)28-25(30)27-23-20-14-8-6-12-18(20)19-13-7-9-15-21(19)23;1-15-25-21(16-9-3-2-4-10-16)23(26-15)28-24(29)27-22-19-13-7-5-11-17(19)18-12-6-8-14-20(18)22/h3-15,23H,1-2H3,(H2,27,28,30);2-14,22H,1H3,(H,25,26)(H2,27,28,29). The molecule has 10 rings (SSSR count). The van der Waals surface area contributed by atoms with Gasteiger partial charge in [0, 0.05) is 18.2 Å². The number of hydrogen-bond donors (Lipinski definition) is 5. The van der Waals surface area contributed by atoms with E-state index in [-0.39, 0.29) is 24.1 Å². The van der Waals surface area contributed by atoms with Gasteiger partial charge in [0.05, 0.1) is 17.8 Å². The van der Waals surface area contributed by atoms with Crippen molar-refractivity contribution in [3.63, 3.8) is 0 Å². The van der Waals surface area contributed by atoms with Crippen LogP contribution in [-0.2, 0) is 7.05 Å². The second-order valence-electron chi connectivity index (χ2n) is 14.6. The van der Waals surface area contributed by atoms with Crippen LogP contribution in [0.1, 0.15) is 46.0 Å². The molecular weight excluding hydrogens is 733 g/mol. The maximum Gasteiger partial charge on any atom is 0.321 e. The average Bonchev–Trinajstić information content (AvgIpc) is 3.98. The zero-order valence-electron chi connectivity index (χ0n) is 32.8. The first kappa shape index (κ1) is 36.9. The van der Waals surface area contributed by atoms with E-state index < -0.39 is 0 Å². The first-order chi connectivity index (χ1) is 28.8. The number of fused-ring (bicyclic) bond motifs is 6. The molecule has 2 aromatic heterocycles. The quantitative estimate of drug-likeness (QED) is 0.115. The van der Waals surface area contributed by atoms with Crippen LogP contribution in [0.3, 0.4) is 0 Å². The van der Waals surface area contributed by atoms with Crippen LogP contribution in [0.15, 0.2) is 158 Å². The maximum atomic E-state index is 13.1. The number of anilines is 2. The van der Waals surface area contributed by atoms with E-state index in [4.69, 9.17) is 0 Å². The van der Waals surface area contributed by atoms with Gasteiger partial charge in [0.25, 0.3) is 0 Å². The van der Waals surface area contributed by atoms with Gasteiger partial charge in [-0.2, -0.15) is 0 Å². The van der Waals surface area contributed by atoms with E-state index >= 15 is 0 Å². The molecule has 2 heterocycles. The van der Waals surface area contributed by atoms with Crippen LogP contribution in [0, 0.1) is 13.8 Å². The molecule has 290 valence electrons. The number of nitrogens with zero attached hydrogens (tertiary/aromatic N) is 3. The molecule has 8 aromatic rings. The molecule has 10 heteroatoms. The number of carbonyl (C=O) groups is 2. The Hall–Kier alpha value is -7.72. The molecule has 5 N–H and O–H groups in total. The summed E-state index contributed by atoms with van der Waals surface area (Å²) in [7, 11) is 1.91. The van der Waals surface area contributed by atoms with Crippen molar-refractivity contribution in [3.8, 4) is 44.8 Å². The van der Waals surface area contributed by atoms with Gasteiger partial charge >= 0.3 is 12.1 Å². The number of carbonyl (C=O) groups excluding carboxylic acids is 2. The minimum atomic E-state index is -0.287. The van der Waals surface area contributed by atoms with Crippen LogP contribution in [0.5, 0.6) is 0 Å². The molecule has 0 bridgehead atoms. The molecule has 2 aliphatic carbocycles. The van der Waals surface area contributed by atoms with Gasteiger partial charge in [-0.05, 0) is 58.4 Å². The fourth-order valence-corrected chi connectivity index (χ4v) is 8.12. The lowest BCUT2D eigenvalue weighted by molar-refractivity contribution is 0.249. The largest absolute Gasteiger partial charge is 0.340 e. The van der Waals surface area contributed by atoms with E-state index in [0.29, 0.717) is 11.6 Å². The second kappa shape index (κ2) is 15.7. The molecule has 0 radical (unpaired) electrons. The minimum Gasteiger partial charge on any atom is -0.340 e. The third-order valence-electron chi connectivity index (χ3n) is 10.9. The highest BCUT2D eigenvalue weighted by Gasteiger charge is 2.31. The smallest absolute Gasteiger partial charge is 0.321 e. The van der Waals surface area contributed by atoms with Crippen molar-refractivity contribution < 1.29 is 9.59 Å². The Balaban J connectivity index is 0.000000152. The fraction of sp³-hybridized carbons (Fsp3) is 0.102. The van der Waals surface area contributed by atoms with E-state index in [2.05, 4.69) is 84.8 Å². The van der Waals surface area contributed by atoms with E-state index in [1.165, 1.54) is 11.1 Å². The summed E-state index contributed by atoms with van der Waals surface area (Å²) in [5, 5.41) is 12.3. The Morgan fingerprint density at radius 2 is 0.932 bits per heavy atom. The number of amides is 4. The lowest BCUT2D eigenvalue weighted by Crippen LogP contribution is -2.33. The van der Waals surface area contributed by atoms with Gasteiger partial charge in [0.1, 0.15) is 23.2 Å². The molecule has 0 fully saturated rings. The van der Waals surface area contributed by atoms with Crippen LogP contribution in [0.2, 0.25) is 0 Å². The van der Waals surface area contributed by atoms with Gasteiger partial charge in [0.2, 0.25) is 0 Å². The Kier molecular flexibility index (Phi) is 9.80. The minimum absolute atomic E-state index is 0.188.